The molecular formula is C18H15F3N2O2S. The normalized spacial score (nSPS) is 12.5. The summed E-state index contributed by atoms with van der Waals surface area (Å²) in [6, 6.07) is 9.17. The molecule has 0 fully saturated rings. The first-order valence-corrected chi connectivity index (χ1v) is 9.71. The maximum Gasteiger partial charge on any atom is 0.433 e. The van der Waals surface area contributed by atoms with Gasteiger partial charge >= 0.3 is 6.18 Å². The summed E-state index contributed by atoms with van der Waals surface area (Å²) in [5.41, 5.74) is 2.17. The lowest BCUT2D eigenvalue weighted by Gasteiger charge is -2.10. The third kappa shape index (κ3) is 4.01. The first-order valence-electron chi connectivity index (χ1n) is 7.64. The molecule has 4 nitrogen and oxygen atoms in total. The standard InChI is InChI=1S/C18H15F3N2O2S/c1-11-7-16(13-4-6-17(22-9-13)18(19,20)21)23-15-5-3-12(8-14(11)15)10-26(2,24)25/h3-9H,10H2,1-2H3. The summed E-state index contributed by atoms with van der Waals surface area (Å²) < 4.78 is 60.8. The number of halogens is 3. The van der Waals surface area contributed by atoms with E-state index in [1.54, 1.807) is 24.3 Å². The smallest absolute Gasteiger partial charge is 0.251 e. The summed E-state index contributed by atoms with van der Waals surface area (Å²) in [6.07, 6.45) is -2.17. The van der Waals surface area contributed by atoms with Crippen LogP contribution in [0, 0.1) is 6.92 Å². The maximum absolute atomic E-state index is 12.6. The molecule has 26 heavy (non-hydrogen) atoms. The van der Waals surface area contributed by atoms with E-state index in [1.807, 2.05) is 6.92 Å². The van der Waals surface area contributed by atoms with Gasteiger partial charge in [0.15, 0.2) is 9.84 Å². The van der Waals surface area contributed by atoms with Crippen molar-refractivity contribution in [1.82, 2.24) is 9.97 Å². The van der Waals surface area contributed by atoms with Crippen molar-refractivity contribution in [2.75, 3.05) is 6.26 Å². The van der Waals surface area contributed by atoms with Crippen LogP contribution in [-0.4, -0.2) is 24.6 Å². The zero-order valence-electron chi connectivity index (χ0n) is 14.0. The van der Waals surface area contributed by atoms with Gasteiger partial charge in [-0.15, -0.1) is 0 Å². The Kier molecular flexibility index (Phi) is 4.47. The van der Waals surface area contributed by atoms with E-state index in [0.717, 1.165) is 23.2 Å². The molecule has 0 atom stereocenters. The molecule has 2 aromatic heterocycles. The molecule has 3 rings (SSSR count). The number of aromatic nitrogens is 2. The summed E-state index contributed by atoms with van der Waals surface area (Å²) in [6.45, 7) is 1.84. The van der Waals surface area contributed by atoms with Crippen LogP contribution in [0.15, 0.2) is 42.6 Å². The van der Waals surface area contributed by atoms with Crippen LogP contribution >= 0.6 is 0 Å². The van der Waals surface area contributed by atoms with Crippen LogP contribution < -0.4 is 0 Å². The highest BCUT2D eigenvalue weighted by Crippen LogP contribution is 2.30. The summed E-state index contributed by atoms with van der Waals surface area (Å²) in [5.74, 6) is -0.0625. The van der Waals surface area contributed by atoms with E-state index in [1.165, 1.54) is 12.3 Å². The molecule has 1 aromatic carbocycles. The molecule has 2 heterocycles. The van der Waals surface area contributed by atoms with Crippen molar-refractivity contribution in [2.45, 2.75) is 18.9 Å². The van der Waals surface area contributed by atoms with Crippen molar-refractivity contribution in [3.63, 3.8) is 0 Å². The van der Waals surface area contributed by atoms with Gasteiger partial charge in [0.25, 0.3) is 0 Å². The van der Waals surface area contributed by atoms with E-state index in [9.17, 15) is 21.6 Å². The molecule has 0 aliphatic carbocycles. The monoisotopic (exact) mass is 380 g/mol. The summed E-state index contributed by atoms with van der Waals surface area (Å²) in [7, 11) is -3.15. The second-order valence-corrected chi connectivity index (χ2v) is 8.32. The van der Waals surface area contributed by atoms with Gasteiger partial charge in [-0.25, -0.2) is 13.4 Å². The fraction of sp³-hybridized carbons (Fsp3) is 0.222. The molecule has 3 aromatic rings. The third-order valence-electron chi connectivity index (χ3n) is 3.86. The van der Waals surface area contributed by atoms with Gasteiger partial charge in [0, 0.05) is 23.4 Å². The van der Waals surface area contributed by atoms with Gasteiger partial charge in [0.1, 0.15) is 5.69 Å². The van der Waals surface area contributed by atoms with E-state index in [-0.39, 0.29) is 5.75 Å². The van der Waals surface area contributed by atoms with Crippen LogP contribution in [0.5, 0.6) is 0 Å². The molecule has 0 unspecified atom stereocenters. The Morgan fingerprint density at radius 2 is 1.81 bits per heavy atom. The molecule has 0 radical (unpaired) electrons. The van der Waals surface area contributed by atoms with Crippen LogP contribution in [0.25, 0.3) is 22.2 Å². The number of fused-ring (bicyclic) bond motifs is 1. The first kappa shape index (κ1) is 18.3. The number of pyridine rings is 2. The number of aryl methyl sites for hydroxylation is 1. The van der Waals surface area contributed by atoms with Crippen LogP contribution in [0.1, 0.15) is 16.8 Å². The fourth-order valence-corrected chi connectivity index (χ4v) is 3.48. The van der Waals surface area contributed by atoms with Crippen molar-refractivity contribution in [2.24, 2.45) is 0 Å². The van der Waals surface area contributed by atoms with Gasteiger partial charge in [-0.2, -0.15) is 13.2 Å². The van der Waals surface area contributed by atoms with E-state index >= 15 is 0 Å². The molecule has 8 heteroatoms. The second kappa shape index (κ2) is 6.35. The number of sulfone groups is 1. The van der Waals surface area contributed by atoms with E-state index in [4.69, 9.17) is 0 Å². The molecule has 0 saturated heterocycles. The number of hydrogen-bond acceptors (Lipinski definition) is 4. The molecule has 0 bridgehead atoms. The number of rotatable bonds is 3. The van der Waals surface area contributed by atoms with Crippen molar-refractivity contribution in [3.05, 3.63) is 59.4 Å². The van der Waals surface area contributed by atoms with Gasteiger partial charge in [0.05, 0.1) is 17.0 Å². The zero-order valence-corrected chi connectivity index (χ0v) is 14.8. The van der Waals surface area contributed by atoms with Crippen molar-refractivity contribution >= 4 is 20.7 Å². The molecule has 0 spiro atoms. The van der Waals surface area contributed by atoms with Crippen LogP contribution in [0.2, 0.25) is 0 Å². The lowest BCUT2D eigenvalue weighted by Crippen LogP contribution is -2.07. The Bertz CT molecular complexity index is 1080. The largest absolute Gasteiger partial charge is 0.433 e. The van der Waals surface area contributed by atoms with Gasteiger partial charge in [-0.3, -0.25) is 4.98 Å². The lowest BCUT2D eigenvalue weighted by atomic mass is 10.0. The zero-order chi connectivity index (χ0) is 19.1. The third-order valence-corrected chi connectivity index (χ3v) is 4.72. The van der Waals surface area contributed by atoms with Gasteiger partial charge in [-0.05, 0) is 48.4 Å². The minimum absolute atomic E-state index is 0.0625. The second-order valence-electron chi connectivity index (χ2n) is 6.18. The minimum Gasteiger partial charge on any atom is -0.251 e. The van der Waals surface area contributed by atoms with Gasteiger partial charge < -0.3 is 0 Å². The number of alkyl halides is 3. The highest BCUT2D eigenvalue weighted by molar-refractivity contribution is 7.89. The topological polar surface area (TPSA) is 59.9 Å². The Labute approximate surface area is 148 Å². The van der Waals surface area contributed by atoms with E-state index < -0.39 is 21.7 Å². The molecule has 0 amide bonds. The fourth-order valence-electron chi connectivity index (χ4n) is 2.69. The Morgan fingerprint density at radius 1 is 1.08 bits per heavy atom. The predicted octanol–water partition coefficient (Wildman–Crippen LogP) is 4.17. The van der Waals surface area contributed by atoms with Crippen LogP contribution in [-0.2, 0) is 21.8 Å². The number of benzene rings is 1. The number of hydrogen-bond donors (Lipinski definition) is 0. The molecular weight excluding hydrogens is 365 g/mol. The van der Waals surface area contributed by atoms with Crippen molar-refractivity contribution < 1.29 is 21.6 Å². The average Bonchev–Trinajstić information content (AvgIpc) is 2.53. The Balaban J connectivity index is 2.02. The Morgan fingerprint density at radius 3 is 2.38 bits per heavy atom. The van der Waals surface area contributed by atoms with Gasteiger partial charge in [-0.1, -0.05) is 6.07 Å². The molecule has 0 saturated carbocycles. The Hall–Kier alpha value is -2.48. The molecule has 0 aliphatic rings. The first-order chi connectivity index (χ1) is 12.0. The highest BCUT2D eigenvalue weighted by Gasteiger charge is 2.32. The average molecular weight is 380 g/mol. The molecule has 0 aliphatic heterocycles. The molecule has 136 valence electrons. The van der Waals surface area contributed by atoms with Crippen LogP contribution in [0.3, 0.4) is 0 Å². The van der Waals surface area contributed by atoms with Gasteiger partial charge in [0.2, 0.25) is 0 Å². The SMILES string of the molecule is Cc1cc(-c2ccc(C(F)(F)F)nc2)nc2ccc(CS(C)(=O)=O)cc12. The van der Waals surface area contributed by atoms with E-state index in [2.05, 4.69) is 9.97 Å². The summed E-state index contributed by atoms with van der Waals surface area (Å²) >= 11 is 0. The van der Waals surface area contributed by atoms with Crippen LogP contribution in [0.4, 0.5) is 13.2 Å². The summed E-state index contributed by atoms with van der Waals surface area (Å²) in [5, 5.41) is 0.801. The molecule has 0 N–H and O–H groups in total. The highest BCUT2D eigenvalue weighted by atomic mass is 32.2. The van der Waals surface area contributed by atoms with Crippen molar-refractivity contribution in [3.8, 4) is 11.3 Å². The number of nitrogens with zero attached hydrogens (tertiary/aromatic N) is 2. The predicted molar refractivity (Wildman–Crippen MR) is 93.3 cm³/mol. The minimum atomic E-state index is -4.48. The van der Waals surface area contributed by atoms with E-state index in [0.29, 0.717) is 22.3 Å². The summed E-state index contributed by atoms with van der Waals surface area (Å²) in [4.78, 5) is 7.92. The lowest BCUT2D eigenvalue weighted by molar-refractivity contribution is -0.141. The maximum atomic E-state index is 12.6. The van der Waals surface area contributed by atoms with Crippen molar-refractivity contribution in [1.29, 1.82) is 0 Å². The quantitative estimate of drug-likeness (QED) is 0.684.